The predicted molar refractivity (Wildman–Crippen MR) is 68.4 cm³/mol. The number of nitrogens with two attached hydrogens (primary N) is 1. The summed E-state index contributed by atoms with van der Waals surface area (Å²) in [5.41, 5.74) is 7.02. The molecular formula is C13H24N4. The second kappa shape index (κ2) is 5.63. The van der Waals surface area contributed by atoms with E-state index in [1.165, 1.54) is 25.7 Å². The summed E-state index contributed by atoms with van der Waals surface area (Å²) >= 11 is 0. The summed E-state index contributed by atoms with van der Waals surface area (Å²) in [5, 5.41) is 8.21. The van der Waals surface area contributed by atoms with Crippen LogP contribution in [-0.4, -0.2) is 21.5 Å². The molecule has 2 N–H and O–H groups in total. The molecule has 0 aliphatic heterocycles. The van der Waals surface area contributed by atoms with E-state index in [1.807, 2.05) is 13.2 Å². The third-order valence-electron chi connectivity index (χ3n) is 4.25. The first-order valence-electron chi connectivity index (χ1n) is 6.78. The fraction of sp³-hybridized carbons (Fsp3) is 0.846. The molecule has 1 aromatic rings. The van der Waals surface area contributed by atoms with E-state index in [1.54, 1.807) is 4.68 Å². The highest BCUT2D eigenvalue weighted by Crippen LogP contribution is 2.36. The van der Waals surface area contributed by atoms with Crippen LogP contribution in [0.5, 0.6) is 0 Å². The molecule has 0 amide bonds. The minimum absolute atomic E-state index is 0.680. The van der Waals surface area contributed by atoms with Crippen molar-refractivity contribution >= 4 is 0 Å². The van der Waals surface area contributed by atoms with Crippen LogP contribution in [0.15, 0.2) is 6.20 Å². The molecule has 17 heavy (non-hydrogen) atoms. The van der Waals surface area contributed by atoms with E-state index in [0.717, 1.165) is 24.6 Å². The topological polar surface area (TPSA) is 56.7 Å². The van der Waals surface area contributed by atoms with Gasteiger partial charge in [-0.15, -0.1) is 5.10 Å². The lowest BCUT2D eigenvalue weighted by Gasteiger charge is -2.35. The van der Waals surface area contributed by atoms with Crippen molar-refractivity contribution in [1.29, 1.82) is 0 Å². The third-order valence-corrected chi connectivity index (χ3v) is 4.25. The molecule has 0 radical (unpaired) electrons. The van der Waals surface area contributed by atoms with Gasteiger partial charge in [0.2, 0.25) is 0 Å². The van der Waals surface area contributed by atoms with Gasteiger partial charge in [-0.2, -0.15) is 0 Å². The molecule has 1 heterocycles. The SMILES string of the molecule is CCC1CCC(CN)C(Cc2cn(C)nn2)C1. The van der Waals surface area contributed by atoms with Crippen LogP contribution >= 0.6 is 0 Å². The Morgan fingerprint density at radius 2 is 2.24 bits per heavy atom. The van der Waals surface area contributed by atoms with E-state index in [4.69, 9.17) is 5.73 Å². The fourth-order valence-corrected chi connectivity index (χ4v) is 3.11. The molecule has 0 spiro atoms. The van der Waals surface area contributed by atoms with Crippen molar-refractivity contribution in [2.45, 2.75) is 39.0 Å². The average molecular weight is 236 g/mol. The van der Waals surface area contributed by atoms with Gasteiger partial charge in [-0.05, 0) is 43.6 Å². The van der Waals surface area contributed by atoms with Crippen molar-refractivity contribution in [2.75, 3.05) is 6.54 Å². The first-order chi connectivity index (χ1) is 8.22. The van der Waals surface area contributed by atoms with Crippen LogP contribution in [0.1, 0.15) is 38.3 Å². The van der Waals surface area contributed by atoms with E-state index in [-0.39, 0.29) is 0 Å². The Morgan fingerprint density at radius 1 is 1.41 bits per heavy atom. The molecule has 1 saturated carbocycles. The molecule has 3 atom stereocenters. The van der Waals surface area contributed by atoms with Gasteiger partial charge in [0.05, 0.1) is 5.69 Å². The Balaban J connectivity index is 2.00. The van der Waals surface area contributed by atoms with Crippen LogP contribution in [-0.2, 0) is 13.5 Å². The predicted octanol–water partition coefficient (Wildman–Crippen LogP) is 1.76. The van der Waals surface area contributed by atoms with E-state index in [2.05, 4.69) is 17.2 Å². The molecule has 0 saturated heterocycles. The van der Waals surface area contributed by atoms with Gasteiger partial charge in [-0.25, -0.2) is 0 Å². The Morgan fingerprint density at radius 3 is 2.82 bits per heavy atom. The molecular weight excluding hydrogens is 212 g/mol. The van der Waals surface area contributed by atoms with Crippen LogP contribution in [0.2, 0.25) is 0 Å². The number of hydrogen-bond acceptors (Lipinski definition) is 3. The lowest BCUT2D eigenvalue weighted by molar-refractivity contribution is 0.179. The van der Waals surface area contributed by atoms with Crippen LogP contribution in [0.4, 0.5) is 0 Å². The molecule has 0 aromatic carbocycles. The van der Waals surface area contributed by atoms with Crippen LogP contribution in [0, 0.1) is 17.8 Å². The number of aromatic nitrogens is 3. The van der Waals surface area contributed by atoms with Crippen LogP contribution in [0.3, 0.4) is 0 Å². The Hall–Kier alpha value is -0.900. The van der Waals surface area contributed by atoms with Gasteiger partial charge in [-0.3, -0.25) is 4.68 Å². The zero-order valence-electron chi connectivity index (χ0n) is 11.0. The average Bonchev–Trinajstić information content (AvgIpc) is 2.74. The number of rotatable bonds is 4. The van der Waals surface area contributed by atoms with Gasteiger partial charge in [0, 0.05) is 13.2 Å². The molecule has 4 nitrogen and oxygen atoms in total. The molecule has 96 valence electrons. The largest absolute Gasteiger partial charge is 0.330 e. The number of hydrogen-bond donors (Lipinski definition) is 1. The van der Waals surface area contributed by atoms with Gasteiger partial charge in [0.1, 0.15) is 0 Å². The number of aryl methyl sites for hydroxylation is 1. The van der Waals surface area contributed by atoms with Gasteiger partial charge >= 0.3 is 0 Å². The maximum Gasteiger partial charge on any atom is 0.0829 e. The zero-order chi connectivity index (χ0) is 12.3. The standard InChI is InChI=1S/C13H24N4/c1-3-10-4-5-11(8-14)12(6-10)7-13-9-17(2)16-15-13/h9-12H,3-8,14H2,1-2H3. The molecule has 1 aliphatic rings. The normalized spacial score (nSPS) is 29.5. The van der Waals surface area contributed by atoms with E-state index >= 15 is 0 Å². The summed E-state index contributed by atoms with van der Waals surface area (Å²) in [6.07, 6.45) is 8.34. The highest BCUT2D eigenvalue weighted by atomic mass is 15.4. The van der Waals surface area contributed by atoms with Crippen molar-refractivity contribution in [1.82, 2.24) is 15.0 Å². The second-order valence-electron chi connectivity index (χ2n) is 5.43. The minimum Gasteiger partial charge on any atom is -0.330 e. The third kappa shape index (κ3) is 3.06. The molecule has 1 aromatic heterocycles. The molecule has 0 bridgehead atoms. The van der Waals surface area contributed by atoms with Crippen molar-refractivity contribution in [3.05, 3.63) is 11.9 Å². The van der Waals surface area contributed by atoms with Gasteiger partial charge in [0.15, 0.2) is 0 Å². The fourth-order valence-electron chi connectivity index (χ4n) is 3.11. The minimum atomic E-state index is 0.680. The molecule has 1 aliphatic carbocycles. The first kappa shape index (κ1) is 12.6. The summed E-state index contributed by atoms with van der Waals surface area (Å²) in [7, 11) is 1.92. The molecule has 3 unspecified atom stereocenters. The van der Waals surface area contributed by atoms with Gasteiger partial charge < -0.3 is 5.73 Å². The maximum absolute atomic E-state index is 5.90. The highest BCUT2D eigenvalue weighted by Gasteiger charge is 2.29. The lowest BCUT2D eigenvalue weighted by Crippen LogP contribution is -2.31. The second-order valence-corrected chi connectivity index (χ2v) is 5.43. The Kier molecular flexibility index (Phi) is 4.15. The monoisotopic (exact) mass is 236 g/mol. The summed E-state index contributed by atoms with van der Waals surface area (Å²) in [6.45, 7) is 3.12. The van der Waals surface area contributed by atoms with Crippen molar-refractivity contribution < 1.29 is 0 Å². The lowest BCUT2D eigenvalue weighted by atomic mass is 9.71. The van der Waals surface area contributed by atoms with Crippen molar-refractivity contribution in [3.63, 3.8) is 0 Å². The quantitative estimate of drug-likeness (QED) is 0.866. The molecule has 2 rings (SSSR count). The molecule has 4 heteroatoms. The number of nitrogens with zero attached hydrogens (tertiary/aromatic N) is 3. The van der Waals surface area contributed by atoms with Gasteiger partial charge in [0.25, 0.3) is 0 Å². The van der Waals surface area contributed by atoms with Crippen molar-refractivity contribution in [3.8, 4) is 0 Å². The Bertz CT molecular complexity index is 347. The zero-order valence-corrected chi connectivity index (χ0v) is 11.0. The summed E-state index contributed by atoms with van der Waals surface area (Å²) < 4.78 is 1.78. The maximum atomic E-state index is 5.90. The summed E-state index contributed by atoms with van der Waals surface area (Å²) in [5.74, 6) is 2.27. The van der Waals surface area contributed by atoms with Gasteiger partial charge in [-0.1, -0.05) is 25.0 Å². The Labute approximate surface area is 104 Å². The summed E-state index contributed by atoms with van der Waals surface area (Å²) in [6, 6.07) is 0. The highest BCUT2D eigenvalue weighted by molar-refractivity contribution is 4.96. The smallest absolute Gasteiger partial charge is 0.0829 e. The molecule has 1 fully saturated rings. The van der Waals surface area contributed by atoms with Crippen molar-refractivity contribution in [2.24, 2.45) is 30.5 Å². The van der Waals surface area contributed by atoms with Crippen LogP contribution < -0.4 is 5.73 Å². The first-order valence-corrected chi connectivity index (χ1v) is 6.78. The summed E-state index contributed by atoms with van der Waals surface area (Å²) in [4.78, 5) is 0. The van der Waals surface area contributed by atoms with E-state index < -0.39 is 0 Å². The van der Waals surface area contributed by atoms with E-state index in [9.17, 15) is 0 Å². The van der Waals surface area contributed by atoms with E-state index in [0.29, 0.717) is 11.8 Å². The van der Waals surface area contributed by atoms with Crippen LogP contribution in [0.25, 0.3) is 0 Å².